The summed E-state index contributed by atoms with van der Waals surface area (Å²) in [7, 11) is 0. The van der Waals surface area contributed by atoms with Gasteiger partial charge in [0.05, 0.1) is 10.3 Å². The summed E-state index contributed by atoms with van der Waals surface area (Å²) in [6.45, 7) is 4.63. The number of hydrogen-bond acceptors (Lipinski definition) is 4. The number of amides is 1. The molecule has 0 radical (unpaired) electrons. The Kier molecular flexibility index (Phi) is 4.36. The molecule has 1 aromatic carbocycles. The zero-order valence-corrected chi connectivity index (χ0v) is 15.8. The fourth-order valence-corrected chi connectivity index (χ4v) is 4.67. The first-order chi connectivity index (χ1) is 12.6. The number of nitrogens with one attached hydrogen (secondary N) is 1. The van der Waals surface area contributed by atoms with E-state index in [1.165, 1.54) is 11.3 Å². The van der Waals surface area contributed by atoms with Crippen LogP contribution in [0.2, 0.25) is 0 Å². The molecular formula is C20H21N3O2S. The molecule has 0 fully saturated rings. The Morgan fingerprint density at radius 3 is 2.92 bits per heavy atom. The van der Waals surface area contributed by atoms with Crippen molar-refractivity contribution >= 4 is 33.1 Å². The van der Waals surface area contributed by atoms with Crippen molar-refractivity contribution in [2.45, 2.75) is 46.1 Å². The predicted octanol–water partition coefficient (Wildman–Crippen LogP) is 3.92. The molecule has 0 atom stereocenters. The minimum atomic E-state index is -0.172. The molecule has 1 amide bonds. The zero-order chi connectivity index (χ0) is 18.3. The molecule has 4 rings (SSSR count). The highest BCUT2D eigenvalue weighted by Gasteiger charge is 2.22. The van der Waals surface area contributed by atoms with Gasteiger partial charge in [0.25, 0.3) is 11.5 Å². The SMILES string of the molecule is CCc1ccccc1NC(=O)c1sc2nc3n(c(=O)c2c1C)CCCC3. The maximum atomic E-state index is 12.9. The highest BCUT2D eigenvalue weighted by atomic mass is 32.1. The molecule has 3 aromatic rings. The Balaban J connectivity index is 1.77. The maximum Gasteiger partial charge on any atom is 0.266 e. The molecule has 0 aliphatic carbocycles. The van der Waals surface area contributed by atoms with Gasteiger partial charge in [-0.3, -0.25) is 14.2 Å². The highest BCUT2D eigenvalue weighted by Crippen LogP contribution is 2.29. The number of hydrogen-bond donors (Lipinski definition) is 1. The van der Waals surface area contributed by atoms with Gasteiger partial charge in [0, 0.05) is 18.7 Å². The van der Waals surface area contributed by atoms with Crippen molar-refractivity contribution in [2.75, 3.05) is 5.32 Å². The quantitative estimate of drug-likeness (QED) is 0.763. The molecule has 1 aliphatic rings. The van der Waals surface area contributed by atoms with Crippen LogP contribution in [-0.4, -0.2) is 15.5 Å². The second-order valence-electron chi connectivity index (χ2n) is 6.64. The Hall–Kier alpha value is -2.47. The van der Waals surface area contributed by atoms with E-state index in [4.69, 9.17) is 0 Å². The van der Waals surface area contributed by atoms with Crippen LogP contribution in [0.25, 0.3) is 10.2 Å². The zero-order valence-electron chi connectivity index (χ0n) is 15.0. The first kappa shape index (κ1) is 17.0. The molecule has 1 N–H and O–H groups in total. The molecule has 5 nitrogen and oxygen atoms in total. The molecule has 0 saturated carbocycles. The van der Waals surface area contributed by atoms with Crippen molar-refractivity contribution in [1.29, 1.82) is 0 Å². The number of anilines is 1. The van der Waals surface area contributed by atoms with Crippen LogP contribution in [0, 0.1) is 6.92 Å². The van der Waals surface area contributed by atoms with Crippen LogP contribution in [0.4, 0.5) is 5.69 Å². The van der Waals surface area contributed by atoms with Crippen molar-refractivity contribution < 1.29 is 4.79 Å². The van der Waals surface area contributed by atoms with Crippen LogP contribution in [0.5, 0.6) is 0 Å². The monoisotopic (exact) mass is 367 g/mol. The lowest BCUT2D eigenvalue weighted by Crippen LogP contribution is -2.28. The van der Waals surface area contributed by atoms with Crippen LogP contribution in [0.15, 0.2) is 29.1 Å². The van der Waals surface area contributed by atoms with Crippen LogP contribution in [0.1, 0.15) is 46.4 Å². The van der Waals surface area contributed by atoms with Crippen molar-refractivity contribution in [3.05, 3.63) is 56.4 Å². The Labute approximate surface area is 155 Å². The Bertz CT molecular complexity index is 1060. The van der Waals surface area contributed by atoms with Crippen LogP contribution < -0.4 is 10.9 Å². The van der Waals surface area contributed by atoms with E-state index in [2.05, 4.69) is 17.2 Å². The van der Waals surface area contributed by atoms with Gasteiger partial charge in [-0.2, -0.15) is 0 Å². The van der Waals surface area contributed by atoms with Gasteiger partial charge in [0.1, 0.15) is 10.7 Å². The number of thiophene rings is 1. The Morgan fingerprint density at radius 2 is 2.12 bits per heavy atom. The first-order valence-corrected chi connectivity index (χ1v) is 9.84. The number of rotatable bonds is 3. The lowest BCUT2D eigenvalue weighted by Gasteiger charge is -2.16. The fourth-order valence-electron chi connectivity index (χ4n) is 3.58. The van der Waals surface area contributed by atoms with Crippen molar-refractivity contribution in [2.24, 2.45) is 0 Å². The van der Waals surface area contributed by atoms with Gasteiger partial charge < -0.3 is 5.32 Å². The summed E-state index contributed by atoms with van der Waals surface area (Å²) < 4.78 is 1.78. The molecule has 0 bridgehead atoms. The van der Waals surface area contributed by atoms with E-state index in [0.29, 0.717) is 15.1 Å². The fraction of sp³-hybridized carbons (Fsp3) is 0.350. The van der Waals surface area contributed by atoms with Crippen LogP contribution >= 0.6 is 11.3 Å². The molecule has 6 heteroatoms. The number of aryl methyl sites for hydroxylation is 3. The summed E-state index contributed by atoms with van der Waals surface area (Å²) in [6, 6.07) is 7.80. The number of carbonyl (C=O) groups excluding carboxylic acids is 1. The normalized spacial score (nSPS) is 13.6. The lowest BCUT2D eigenvalue weighted by atomic mass is 10.1. The average molecular weight is 367 g/mol. The summed E-state index contributed by atoms with van der Waals surface area (Å²) in [5, 5.41) is 3.60. The van der Waals surface area contributed by atoms with Gasteiger partial charge in [-0.25, -0.2) is 4.98 Å². The molecule has 26 heavy (non-hydrogen) atoms. The van der Waals surface area contributed by atoms with E-state index in [9.17, 15) is 9.59 Å². The standard InChI is InChI=1S/C20H21N3O2S/c1-3-13-8-4-5-9-14(13)21-18(24)17-12(2)16-19(26-17)22-15-10-6-7-11-23(15)20(16)25/h4-5,8-9H,3,6-7,10-11H2,1-2H3,(H,21,24). The molecule has 0 saturated heterocycles. The van der Waals surface area contributed by atoms with Crippen LogP contribution in [-0.2, 0) is 19.4 Å². The van der Waals surface area contributed by atoms with Gasteiger partial charge in [0.15, 0.2) is 0 Å². The van der Waals surface area contributed by atoms with E-state index in [1.807, 2.05) is 31.2 Å². The largest absolute Gasteiger partial charge is 0.321 e. The van der Waals surface area contributed by atoms with Gasteiger partial charge >= 0.3 is 0 Å². The molecule has 0 spiro atoms. The number of carbonyl (C=O) groups is 1. The average Bonchev–Trinajstić information content (AvgIpc) is 2.99. The summed E-state index contributed by atoms with van der Waals surface area (Å²) in [4.78, 5) is 31.7. The third kappa shape index (κ3) is 2.74. The minimum Gasteiger partial charge on any atom is -0.321 e. The number of fused-ring (bicyclic) bond motifs is 2. The molecule has 0 unspecified atom stereocenters. The van der Waals surface area contributed by atoms with Crippen molar-refractivity contribution in [1.82, 2.24) is 9.55 Å². The van der Waals surface area contributed by atoms with Gasteiger partial charge in [-0.05, 0) is 43.4 Å². The summed E-state index contributed by atoms with van der Waals surface area (Å²) in [5.41, 5.74) is 2.63. The van der Waals surface area contributed by atoms with E-state index < -0.39 is 0 Å². The van der Waals surface area contributed by atoms with Crippen LogP contribution in [0.3, 0.4) is 0 Å². The molecule has 2 aromatic heterocycles. The smallest absolute Gasteiger partial charge is 0.266 e. The minimum absolute atomic E-state index is 0.00791. The number of benzene rings is 1. The van der Waals surface area contributed by atoms with E-state index in [0.717, 1.165) is 54.9 Å². The predicted molar refractivity (Wildman–Crippen MR) is 105 cm³/mol. The maximum absolute atomic E-state index is 12.9. The van der Waals surface area contributed by atoms with Crippen molar-refractivity contribution in [3.63, 3.8) is 0 Å². The number of para-hydroxylation sites is 1. The van der Waals surface area contributed by atoms with Gasteiger partial charge in [-0.15, -0.1) is 11.3 Å². The van der Waals surface area contributed by atoms with E-state index >= 15 is 0 Å². The molecule has 1 aliphatic heterocycles. The summed E-state index contributed by atoms with van der Waals surface area (Å²) >= 11 is 1.32. The number of aromatic nitrogens is 2. The number of nitrogens with zero attached hydrogens (tertiary/aromatic N) is 2. The summed E-state index contributed by atoms with van der Waals surface area (Å²) in [5.74, 6) is 0.673. The molecular weight excluding hydrogens is 346 g/mol. The Morgan fingerprint density at radius 1 is 1.31 bits per heavy atom. The van der Waals surface area contributed by atoms with Crippen molar-refractivity contribution in [3.8, 4) is 0 Å². The third-order valence-corrected chi connectivity index (χ3v) is 6.20. The molecule has 134 valence electrons. The highest BCUT2D eigenvalue weighted by molar-refractivity contribution is 7.20. The topological polar surface area (TPSA) is 64.0 Å². The second-order valence-corrected chi connectivity index (χ2v) is 7.64. The second kappa shape index (κ2) is 6.68. The van der Waals surface area contributed by atoms with Gasteiger partial charge in [0.2, 0.25) is 0 Å². The third-order valence-electron chi connectivity index (χ3n) is 5.01. The summed E-state index contributed by atoms with van der Waals surface area (Å²) in [6.07, 6.45) is 3.74. The lowest BCUT2D eigenvalue weighted by molar-refractivity contribution is 0.103. The van der Waals surface area contributed by atoms with Gasteiger partial charge in [-0.1, -0.05) is 25.1 Å². The first-order valence-electron chi connectivity index (χ1n) is 9.02. The molecule has 3 heterocycles. The van der Waals surface area contributed by atoms with E-state index in [1.54, 1.807) is 4.57 Å². The van der Waals surface area contributed by atoms with E-state index in [-0.39, 0.29) is 11.5 Å².